The van der Waals surface area contributed by atoms with Crippen LogP contribution < -0.4 is 5.32 Å². The summed E-state index contributed by atoms with van der Waals surface area (Å²) in [4.78, 5) is 2.47. The molecule has 0 radical (unpaired) electrons. The smallest absolute Gasteiger partial charge is 0.0594 e. The third-order valence-electron chi connectivity index (χ3n) is 3.05. The minimum absolute atomic E-state index is 0.570. The maximum atomic E-state index is 5.34. The Morgan fingerprint density at radius 2 is 2.06 bits per heavy atom. The third kappa shape index (κ3) is 7.71. The van der Waals surface area contributed by atoms with Crippen molar-refractivity contribution in [1.29, 1.82) is 0 Å². The van der Waals surface area contributed by atoms with Crippen molar-refractivity contribution in [2.24, 2.45) is 0 Å². The molecule has 4 nitrogen and oxygen atoms in total. The second-order valence-corrected chi connectivity index (χ2v) is 4.67. The molecule has 0 aromatic heterocycles. The van der Waals surface area contributed by atoms with Crippen molar-refractivity contribution in [3.63, 3.8) is 0 Å². The Bertz CT molecular complexity index is 173. The van der Waals surface area contributed by atoms with E-state index in [9.17, 15) is 0 Å². The topological polar surface area (TPSA) is 33.7 Å². The van der Waals surface area contributed by atoms with Crippen molar-refractivity contribution in [2.75, 3.05) is 52.6 Å². The van der Waals surface area contributed by atoms with E-state index in [-0.39, 0.29) is 0 Å². The second-order valence-electron chi connectivity index (χ2n) is 4.67. The number of rotatable bonds is 9. The summed E-state index contributed by atoms with van der Waals surface area (Å²) in [5.74, 6) is 0. The van der Waals surface area contributed by atoms with E-state index in [2.05, 4.69) is 17.1 Å². The van der Waals surface area contributed by atoms with Crippen LogP contribution in [0.1, 0.15) is 26.7 Å². The Balaban J connectivity index is 1.91. The lowest BCUT2D eigenvalue weighted by atomic mass is 10.2. The van der Waals surface area contributed by atoms with Crippen LogP contribution in [0.15, 0.2) is 0 Å². The van der Waals surface area contributed by atoms with Crippen LogP contribution in [0, 0.1) is 0 Å². The minimum Gasteiger partial charge on any atom is -0.382 e. The summed E-state index contributed by atoms with van der Waals surface area (Å²) in [5.41, 5.74) is 0. The largest absolute Gasteiger partial charge is 0.382 e. The van der Waals surface area contributed by atoms with Crippen LogP contribution in [-0.4, -0.2) is 63.5 Å². The van der Waals surface area contributed by atoms with E-state index in [0.29, 0.717) is 6.04 Å². The first-order valence-electron chi connectivity index (χ1n) is 6.94. The molecule has 0 amide bonds. The quantitative estimate of drug-likeness (QED) is 0.616. The first-order chi connectivity index (χ1) is 8.33. The Labute approximate surface area is 106 Å². The lowest BCUT2D eigenvalue weighted by molar-refractivity contribution is 0.0344. The summed E-state index contributed by atoms with van der Waals surface area (Å²) in [6.45, 7) is 12.2. The van der Waals surface area contributed by atoms with Gasteiger partial charge in [0.05, 0.1) is 13.2 Å². The highest BCUT2D eigenvalue weighted by Gasteiger charge is 2.12. The average molecular weight is 244 g/mol. The Morgan fingerprint density at radius 1 is 1.29 bits per heavy atom. The number of unbranched alkanes of at least 4 members (excludes halogenated alkanes) is 1. The predicted molar refractivity (Wildman–Crippen MR) is 70.5 cm³/mol. The fraction of sp³-hybridized carbons (Fsp3) is 1.00. The molecule has 0 saturated carbocycles. The lowest BCUT2D eigenvalue weighted by Gasteiger charge is -2.29. The van der Waals surface area contributed by atoms with Gasteiger partial charge >= 0.3 is 0 Å². The van der Waals surface area contributed by atoms with Gasteiger partial charge < -0.3 is 14.8 Å². The van der Waals surface area contributed by atoms with Gasteiger partial charge in [0.15, 0.2) is 0 Å². The maximum Gasteiger partial charge on any atom is 0.0594 e. The van der Waals surface area contributed by atoms with Crippen LogP contribution in [0.25, 0.3) is 0 Å². The fourth-order valence-electron chi connectivity index (χ4n) is 2.06. The van der Waals surface area contributed by atoms with Crippen LogP contribution in [0.5, 0.6) is 0 Å². The summed E-state index contributed by atoms with van der Waals surface area (Å²) < 4.78 is 10.7. The first kappa shape index (κ1) is 14.9. The molecule has 0 aromatic rings. The van der Waals surface area contributed by atoms with Crippen molar-refractivity contribution < 1.29 is 9.47 Å². The van der Waals surface area contributed by atoms with E-state index in [0.717, 1.165) is 59.0 Å². The molecule has 1 heterocycles. The molecule has 1 N–H and O–H groups in total. The van der Waals surface area contributed by atoms with Crippen LogP contribution >= 0.6 is 0 Å². The summed E-state index contributed by atoms with van der Waals surface area (Å²) in [5, 5.41) is 3.57. The summed E-state index contributed by atoms with van der Waals surface area (Å²) in [7, 11) is 0. The molecule has 0 bridgehead atoms. The van der Waals surface area contributed by atoms with Crippen LogP contribution in [0.4, 0.5) is 0 Å². The third-order valence-corrected chi connectivity index (χ3v) is 3.05. The van der Waals surface area contributed by atoms with Gasteiger partial charge in [0.2, 0.25) is 0 Å². The highest BCUT2D eigenvalue weighted by Crippen LogP contribution is 1.98. The van der Waals surface area contributed by atoms with Crippen molar-refractivity contribution in [3.8, 4) is 0 Å². The van der Waals surface area contributed by atoms with E-state index in [1.54, 1.807) is 0 Å². The van der Waals surface area contributed by atoms with Crippen molar-refractivity contribution in [1.82, 2.24) is 10.2 Å². The molecule has 1 saturated heterocycles. The SMILES string of the molecule is CCOCCCCNC(C)CN1CCOCC1. The second kappa shape index (κ2) is 9.83. The molecule has 1 fully saturated rings. The van der Waals surface area contributed by atoms with Crippen molar-refractivity contribution in [2.45, 2.75) is 32.7 Å². The summed E-state index contributed by atoms with van der Waals surface area (Å²) >= 11 is 0. The van der Waals surface area contributed by atoms with E-state index in [1.807, 2.05) is 6.92 Å². The molecule has 1 rings (SSSR count). The molecule has 0 aliphatic carbocycles. The van der Waals surface area contributed by atoms with Gasteiger partial charge in [-0.3, -0.25) is 4.90 Å². The number of hydrogen-bond acceptors (Lipinski definition) is 4. The van der Waals surface area contributed by atoms with Gasteiger partial charge in [-0.05, 0) is 33.2 Å². The van der Waals surface area contributed by atoms with E-state index < -0.39 is 0 Å². The number of hydrogen-bond donors (Lipinski definition) is 1. The molecule has 4 heteroatoms. The number of nitrogens with zero attached hydrogens (tertiary/aromatic N) is 1. The van der Waals surface area contributed by atoms with Crippen LogP contribution in [0.2, 0.25) is 0 Å². The van der Waals surface area contributed by atoms with E-state index in [4.69, 9.17) is 9.47 Å². The Kier molecular flexibility index (Phi) is 8.61. The van der Waals surface area contributed by atoms with Crippen molar-refractivity contribution >= 4 is 0 Å². The zero-order valence-corrected chi connectivity index (χ0v) is 11.4. The molecular formula is C13H28N2O2. The molecule has 0 spiro atoms. The average Bonchev–Trinajstić information content (AvgIpc) is 2.35. The zero-order valence-electron chi connectivity index (χ0n) is 11.4. The molecule has 1 unspecified atom stereocenters. The minimum atomic E-state index is 0.570. The molecule has 1 aliphatic heterocycles. The molecule has 1 aliphatic rings. The Hall–Kier alpha value is -0.160. The van der Waals surface area contributed by atoms with Gasteiger partial charge in [0.25, 0.3) is 0 Å². The first-order valence-corrected chi connectivity index (χ1v) is 6.94. The van der Waals surface area contributed by atoms with Gasteiger partial charge in [-0.2, -0.15) is 0 Å². The van der Waals surface area contributed by atoms with E-state index in [1.165, 1.54) is 6.42 Å². The monoisotopic (exact) mass is 244 g/mol. The molecule has 0 aromatic carbocycles. The lowest BCUT2D eigenvalue weighted by Crippen LogP contribution is -2.44. The number of ether oxygens (including phenoxy) is 2. The molecule has 102 valence electrons. The highest BCUT2D eigenvalue weighted by atomic mass is 16.5. The van der Waals surface area contributed by atoms with Crippen LogP contribution in [-0.2, 0) is 9.47 Å². The molecular weight excluding hydrogens is 216 g/mol. The van der Waals surface area contributed by atoms with Gasteiger partial charge in [0, 0.05) is 38.9 Å². The van der Waals surface area contributed by atoms with Gasteiger partial charge in [0.1, 0.15) is 0 Å². The van der Waals surface area contributed by atoms with E-state index >= 15 is 0 Å². The standard InChI is InChI=1S/C13H28N2O2/c1-3-16-9-5-4-6-14-13(2)12-15-7-10-17-11-8-15/h13-14H,3-12H2,1-2H3. The highest BCUT2D eigenvalue weighted by molar-refractivity contribution is 4.69. The number of morpholine rings is 1. The fourth-order valence-corrected chi connectivity index (χ4v) is 2.06. The molecule has 1 atom stereocenters. The van der Waals surface area contributed by atoms with Crippen LogP contribution in [0.3, 0.4) is 0 Å². The summed E-state index contributed by atoms with van der Waals surface area (Å²) in [6.07, 6.45) is 2.36. The van der Waals surface area contributed by atoms with Gasteiger partial charge in [-0.15, -0.1) is 0 Å². The van der Waals surface area contributed by atoms with Gasteiger partial charge in [-0.25, -0.2) is 0 Å². The van der Waals surface area contributed by atoms with Gasteiger partial charge in [-0.1, -0.05) is 0 Å². The van der Waals surface area contributed by atoms with Crippen molar-refractivity contribution in [3.05, 3.63) is 0 Å². The Morgan fingerprint density at radius 3 is 2.76 bits per heavy atom. The zero-order chi connectivity index (χ0) is 12.3. The predicted octanol–water partition coefficient (Wildman–Crippen LogP) is 1.11. The number of nitrogens with one attached hydrogen (secondary N) is 1. The normalized spacial score (nSPS) is 19.4. The maximum absolute atomic E-state index is 5.34. The summed E-state index contributed by atoms with van der Waals surface area (Å²) in [6, 6.07) is 0.570. The molecule has 17 heavy (non-hydrogen) atoms.